The Bertz CT molecular complexity index is 532. The summed E-state index contributed by atoms with van der Waals surface area (Å²) in [6.07, 6.45) is 1.82. The lowest BCUT2D eigenvalue weighted by molar-refractivity contribution is 0.225. The standard InChI is InChI=1S/C13H22N2O3S2/c1-14(2)9-11-5-7-15(8-6-11)20(17,18)13-4-3-12(10-16)19-13/h3-4,11,16H,5-10H2,1-2H3. The molecule has 0 aliphatic carbocycles. The van der Waals surface area contributed by atoms with Crippen molar-refractivity contribution in [3.05, 3.63) is 17.0 Å². The van der Waals surface area contributed by atoms with E-state index in [-0.39, 0.29) is 6.61 Å². The van der Waals surface area contributed by atoms with Crippen molar-refractivity contribution in [2.45, 2.75) is 23.7 Å². The van der Waals surface area contributed by atoms with Gasteiger partial charge >= 0.3 is 0 Å². The lowest BCUT2D eigenvalue weighted by Crippen LogP contribution is -2.40. The highest BCUT2D eigenvalue weighted by Crippen LogP contribution is 2.28. The maximum Gasteiger partial charge on any atom is 0.252 e. The quantitative estimate of drug-likeness (QED) is 0.886. The number of hydrogen-bond acceptors (Lipinski definition) is 5. The van der Waals surface area contributed by atoms with Crippen LogP contribution in [0.3, 0.4) is 0 Å². The topological polar surface area (TPSA) is 60.9 Å². The van der Waals surface area contributed by atoms with Crippen LogP contribution in [0.2, 0.25) is 0 Å². The van der Waals surface area contributed by atoms with Gasteiger partial charge in [0.25, 0.3) is 10.0 Å². The van der Waals surface area contributed by atoms with Crippen molar-refractivity contribution in [2.24, 2.45) is 5.92 Å². The molecule has 5 nitrogen and oxygen atoms in total. The summed E-state index contributed by atoms with van der Waals surface area (Å²) >= 11 is 1.16. The highest BCUT2D eigenvalue weighted by Gasteiger charge is 2.30. The SMILES string of the molecule is CN(C)CC1CCN(S(=O)(=O)c2ccc(CO)s2)CC1. The van der Waals surface area contributed by atoms with Gasteiger partial charge in [-0.3, -0.25) is 0 Å². The average Bonchev–Trinajstić information content (AvgIpc) is 2.88. The van der Waals surface area contributed by atoms with E-state index >= 15 is 0 Å². The van der Waals surface area contributed by atoms with Crippen LogP contribution >= 0.6 is 11.3 Å². The zero-order valence-corrected chi connectivity index (χ0v) is 13.6. The van der Waals surface area contributed by atoms with Gasteiger partial charge in [0, 0.05) is 24.5 Å². The van der Waals surface area contributed by atoms with Crippen LogP contribution in [0.4, 0.5) is 0 Å². The fraction of sp³-hybridized carbons (Fsp3) is 0.692. The van der Waals surface area contributed by atoms with E-state index < -0.39 is 10.0 Å². The summed E-state index contributed by atoms with van der Waals surface area (Å²) in [5.41, 5.74) is 0. The lowest BCUT2D eigenvalue weighted by Gasteiger charge is -2.32. The molecule has 20 heavy (non-hydrogen) atoms. The normalized spacial score (nSPS) is 18.8. The predicted octanol–water partition coefficient (Wildman–Crippen LogP) is 1.20. The fourth-order valence-corrected chi connectivity index (χ4v) is 5.40. The Kier molecular flexibility index (Phi) is 5.19. The van der Waals surface area contributed by atoms with Crippen LogP contribution in [0.5, 0.6) is 0 Å². The van der Waals surface area contributed by atoms with Crippen molar-refractivity contribution in [1.29, 1.82) is 0 Å². The average molecular weight is 318 g/mol. The van der Waals surface area contributed by atoms with Gasteiger partial charge in [-0.25, -0.2) is 8.42 Å². The van der Waals surface area contributed by atoms with E-state index in [9.17, 15) is 8.42 Å². The minimum atomic E-state index is -3.38. The van der Waals surface area contributed by atoms with E-state index in [1.807, 2.05) is 14.1 Å². The molecule has 0 spiro atoms. The molecule has 1 saturated heterocycles. The zero-order valence-electron chi connectivity index (χ0n) is 11.9. The van der Waals surface area contributed by atoms with Crippen molar-refractivity contribution in [1.82, 2.24) is 9.21 Å². The van der Waals surface area contributed by atoms with Crippen LogP contribution in [0.15, 0.2) is 16.3 Å². The Hall–Kier alpha value is -0.470. The Balaban J connectivity index is 2.02. The predicted molar refractivity (Wildman–Crippen MR) is 80.3 cm³/mol. The molecule has 1 aliphatic heterocycles. The summed E-state index contributed by atoms with van der Waals surface area (Å²) in [5.74, 6) is 0.577. The van der Waals surface area contributed by atoms with Gasteiger partial charge in [-0.05, 0) is 45.0 Å². The van der Waals surface area contributed by atoms with Crippen molar-refractivity contribution in [3.8, 4) is 0 Å². The molecule has 0 radical (unpaired) electrons. The maximum atomic E-state index is 12.5. The molecule has 0 saturated carbocycles. The van der Waals surface area contributed by atoms with E-state index in [0.29, 0.717) is 28.1 Å². The van der Waals surface area contributed by atoms with Gasteiger partial charge in [0.05, 0.1) is 6.61 Å². The second kappa shape index (κ2) is 6.53. The Morgan fingerprint density at radius 2 is 2.00 bits per heavy atom. The molecule has 2 rings (SSSR count). The van der Waals surface area contributed by atoms with Crippen LogP contribution < -0.4 is 0 Å². The first-order valence-corrected chi connectivity index (χ1v) is 9.03. The molecule has 1 N–H and O–H groups in total. The van der Waals surface area contributed by atoms with Crippen LogP contribution in [-0.2, 0) is 16.6 Å². The van der Waals surface area contributed by atoms with Gasteiger partial charge in [0.2, 0.25) is 0 Å². The third kappa shape index (κ3) is 3.59. The molecule has 1 aromatic heterocycles. The maximum absolute atomic E-state index is 12.5. The number of rotatable bonds is 5. The minimum absolute atomic E-state index is 0.106. The van der Waals surface area contributed by atoms with Gasteiger partial charge in [-0.15, -0.1) is 11.3 Å². The third-order valence-electron chi connectivity index (χ3n) is 3.58. The molecular weight excluding hydrogens is 296 g/mol. The highest BCUT2D eigenvalue weighted by atomic mass is 32.2. The summed E-state index contributed by atoms with van der Waals surface area (Å²) in [6.45, 7) is 2.09. The summed E-state index contributed by atoms with van der Waals surface area (Å²) in [4.78, 5) is 2.84. The monoisotopic (exact) mass is 318 g/mol. The van der Waals surface area contributed by atoms with Gasteiger partial charge in [0.15, 0.2) is 0 Å². The molecule has 2 heterocycles. The van der Waals surface area contributed by atoms with Crippen molar-refractivity contribution >= 4 is 21.4 Å². The van der Waals surface area contributed by atoms with Crippen LogP contribution in [0.25, 0.3) is 0 Å². The number of thiophene rings is 1. The summed E-state index contributed by atoms with van der Waals surface area (Å²) in [5, 5.41) is 9.04. The van der Waals surface area contributed by atoms with E-state index in [1.54, 1.807) is 16.4 Å². The smallest absolute Gasteiger partial charge is 0.252 e. The van der Waals surface area contributed by atoms with Crippen molar-refractivity contribution < 1.29 is 13.5 Å². The Labute approximate surface area is 124 Å². The molecule has 1 aromatic rings. The summed E-state index contributed by atoms with van der Waals surface area (Å²) in [7, 11) is 0.718. The van der Waals surface area contributed by atoms with Gasteiger partial charge < -0.3 is 10.0 Å². The summed E-state index contributed by atoms with van der Waals surface area (Å²) in [6, 6.07) is 3.27. The van der Waals surface area contributed by atoms with E-state index in [1.165, 1.54) is 0 Å². The first kappa shape index (κ1) is 15.9. The Morgan fingerprint density at radius 3 is 2.50 bits per heavy atom. The van der Waals surface area contributed by atoms with Crippen LogP contribution in [-0.4, -0.2) is 56.5 Å². The zero-order chi connectivity index (χ0) is 14.8. The molecule has 114 valence electrons. The van der Waals surface area contributed by atoms with Crippen LogP contribution in [0, 0.1) is 5.92 Å². The molecule has 0 bridgehead atoms. The molecule has 1 aliphatic rings. The number of aliphatic hydroxyl groups is 1. The first-order valence-electron chi connectivity index (χ1n) is 6.78. The summed E-state index contributed by atoms with van der Waals surface area (Å²) < 4.78 is 26.9. The largest absolute Gasteiger partial charge is 0.391 e. The lowest BCUT2D eigenvalue weighted by atomic mass is 9.98. The molecule has 0 atom stereocenters. The number of sulfonamides is 1. The van der Waals surface area contributed by atoms with E-state index in [2.05, 4.69) is 4.90 Å². The number of nitrogens with zero attached hydrogens (tertiary/aromatic N) is 2. The molecule has 7 heteroatoms. The van der Waals surface area contributed by atoms with Gasteiger partial charge in [-0.2, -0.15) is 4.31 Å². The van der Waals surface area contributed by atoms with Crippen molar-refractivity contribution in [2.75, 3.05) is 33.7 Å². The van der Waals surface area contributed by atoms with Gasteiger partial charge in [-0.1, -0.05) is 0 Å². The fourth-order valence-electron chi connectivity index (χ4n) is 2.56. The highest BCUT2D eigenvalue weighted by molar-refractivity contribution is 7.91. The molecule has 1 fully saturated rings. The van der Waals surface area contributed by atoms with E-state index in [0.717, 1.165) is 30.7 Å². The molecular formula is C13H22N2O3S2. The molecule has 0 aromatic carbocycles. The number of aliphatic hydroxyl groups excluding tert-OH is 1. The number of piperidine rings is 1. The van der Waals surface area contributed by atoms with Crippen LogP contribution in [0.1, 0.15) is 17.7 Å². The van der Waals surface area contributed by atoms with Gasteiger partial charge in [0.1, 0.15) is 4.21 Å². The third-order valence-corrected chi connectivity index (χ3v) is 7.02. The first-order chi connectivity index (χ1) is 9.43. The Morgan fingerprint density at radius 1 is 1.35 bits per heavy atom. The second-order valence-electron chi connectivity index (χ2n) is 5.49. The number of hydrogen-bond donors (Lipinski definition) is 1. The molecule has 0 amide bonds. The second-order valence-corrected chi connectivity index (χ2v) is 8.82. The minimum Gasteiger partial charge on any atom is -0.391 e. The van der Waals surface area contributed by atoms with Crippen molar-refractivity contribution in [3.63, 3.8) is 0 Å². The van der Waals surface area contributed by atoms with E-state index in [4.69, 9.17) is 5.11 Å². The molecule has 0 unspecified atom stereocenters.